The van der Waals surface area contributed by atoms with Crippen molar-refractivity contribution in [3.05, 3.63) is 60.2 Å². The Labute approximate surface area is 219 Å². The lowest BCUT2D eigenvalue weighted by molar-refractivity contribution is -0.192. The molecule has 0 bridgehead atoms. The molecule has 4 rings (SSSR count). The van der Waals surface area contributed by atoms with Gasteiger partial charge in [0.2, 0.25) is 11.8 Å². The topological polar surface area (TPSA) is 99.2 Å². The van der Waals surface area contributed by atoms with Crippen molar-refractivity contribution in [1.29, 1.82) is 0 Å². The summed E-state index contributed by atoms with van der Waals surface area (Å²) in [6.07, 6.45) is -2.42. The minimum absolute atomic E-state index is 0.0788. The lowest BCUT2D eigenvalue weighted by Gasteiger charge is -2.34. The van der Waals surface area contributed by atoms with Crippen LogP contribution < -0.4 is 10.1 Å². The zero-order valence-corrected chi connectivity index (χ0v) is 21.3. The summed E-state index contributed by atoms with van der Waals surface area (Å²) in [6.45, 7) is 2.19. The number of aliphatic carboxylic acids is 1. The standard InChI is InChI=1S/C25H31N3O3.C2HF3O2/c1-27-15-12-25(24(30)26-20-8-4-3-5-9-20)13-16-28(14-11-22(25)27)23(29)18-19-7-6-10-21(17-19)31-2;3-2(4,5)1(6)7/h3-10,17,22H,11-16,18H2,1-2H3,(H,26,30);(H,6,7)/t22-,25-;/m1./s1. The number of ether oxygens (including phenoxy) is 1. The number of carboxylic acid groups (broad SMARTS) is 1. The normalized spacial score (nSPS) is 21.4. The number of likely N-dealkylation sites (tertiary alicyclic amines) is 2. The third kappa shape index (κ3) is 7.03. The second-order valence-corrected chi connectivity index (χ2v) is 9.47. The average molecular weight is 536 g/mol. The highest BCUT2D eigenvalue weighted by Gasteiger charge is 2.52. The third-order valence-corrected chi connectivity index (χ3v) is 7.15. The van der Waals surface area contributed by atoms with E-state index < -0.39 is 17.6 Å². The summed E-state index contributed by atoms with van der Waals surface area (Å²) in [5.74, 6) is -1.81. The van der Waals surface area contributed by atoms with Gasteiger partial charge in [-0.1, -0.05) is 30.3 Å². The lowest BCUT2D eigenvalue weighted by atomic mass is 9.75. The van der Waals surface area contributed by atoms with E-state index in [0.717, 1.165) is 36.4 Å². The number of benzene rings is 2. The van der Waals surface area contributed by atoms with Crippen LogP contribution in [0.4, 0.5) is 18.9 Å². The van der Waals surface area contributed by atoms with Gasteiger partial charge >= 0.3 is 12.1 Å². The molecule has 206 valence electrons. The molecule has 2 aromatic carbocycles. The van der Waals surface area contributed by atoms with Crippen LogP contribution in [0.2, 0.25) is 0 Å². The van der Waals surface area contributed by atoms with Gasteiger partial charge in [-0.3, -0.25) is 9.59 Å². The molecular formula is C27H32F3N3O5. The Bertz CT molecular complexity index is 1130. The van der Waals surface area contributed by atoms with Crippen molar-refractivity contribution in [2.24, 2.45) is 5.41 Å². The van der Waals surface area contributed by atoms with Gasteiger partial charge in [-0.2, -0.15) is 13.2 Å². The summed E-state index contributed by atoms with van der Waals surface area (Å²) >= 11 is 0. The van der Waals surface area contributed by atoms with Gasteiger partial charge in [0.05, 0.1) is 18.9 Å². The van der Waals surface area contributed by atoms with Crippen LogP contribution in [0.3, 0.4) is 0 Å². The van der Waals surface area contributed by atoms with Gasteiger partial charge < -0.3 is 25.0 Å². The van der Waals surface area contributed by atoms with Crippen molar-refractivity contribution in [2.45, 2.75) is 37.9 Å². The van der Waals surface area contributed by atoms with E-state index in [0.29, 0.717) is 25.9 Å². The quantitative estimate of drug-likeness (QED) is 0.604. The second-order valence-electron chi connectivity index (χ2n) is 9.47. The number of hydrogen-bond donors (Lipinski definition) is 2. The van der Waals surface area contributed by atoms with Crippen molar-refractivity contribution < 1.29 is 37.4 Å². The summed E-state index contributed by atoms with van der Waals surface area (Å²) in [7, 11) is 3.72. The smallest absolute Gasteiger partial charge is 0.490 e. The van der Waals surface area contributed by atoms with Gasteiger partial charge in [0, 0.05) is 24.8 Å². The van der Waals surface area contributed by atoms with Crippen molar-refractivity contribution in [2.75, 3.05) is 39.1 Å². The molecule has 2 aliphatic heterocycles. The van der Waals surface area contributed by atoms with Gasteiger partial charge in [0.15, 0.2) is 0 Å². The minimum Gasteiger partial charge on any atom is -0.497 e. The largest absolute Gasteiger partial charge is 0.497 e. The molecule has 2 fully saturated rings. The molecule has 2 atom stereocenters. The summed E-state index contributed by atoms with van der Waals surface area (Å²) in [5.41, 5.74) is 1.31. The molecule has 2 amide bonds. The fourth-order valence-corrected chi connectivity index (χ4v) is 5.11. The third-order valence-electron chi connectivity index (χ3n) is 7.15. The van der Waals surface area contributed by atoms with Gasteiger partial charge in [-0.05, 0) is 62.7 Å². The first-order chi connectivity index (χ1) is 18.0. The van der Waals surface area contributed by atoms with E-state index in [1.165, 1.54) is 0 Å². The lowest BCUT2D eigenvalue weighted by Crippen LogP contribution is -2.46. The monoisotopic (exact) mass is 535 g/mol. The molecule has 0 unspecified atom stereocenters. The first kappa shape index (κ1) is 29.0. The Balaban J connectivity index is 0.000000505. The molecule has 2 aromatic rings. The van der Waals surface area contributed by atoms with Crippen LogP contribution in [0.1, 0.15) is 24.8 Å². The fourth-order valence-electron chi connectivity index (χ4n) is 5.11. The zero-order chi connectivity index (χ0) is 27.9. The van der Waals surface area contributed by atoms with Crippen LogP contribution in [0.5, 0.6) is 5.75 Å². The van der Waals surface area contributed by atoms with Gasteiger partial charge in [0.1, 0.15) is 5.75 Å². The number of carboxylic acids is 1. The SMILES string of the molecule is COc1cccc(CC(=O)N2CC[C@H]3N(C)CC[C@@]3(C(=O)Nc3ccccc3)CC2)c1.O=C(O)C(F)(F)F. The molecule has 8 nitrogen and oxygen atoms in total. The number of halogens is 3. The Morgan fingerprint density at radius 3 is 2.34 bits per heavy atom. The molecule has 0 saturated carbocycles. The van der Waals surface area contributed by atoms with Crippen LogP contribution in [0.15, 0.2) is 54.6 Å². The van der Waals surface area contributed by atoms with Gasteiger partial charge in [-0.15, -0.1) is 0 Å². The van der Waals surface area contributed by atoms with Gasteiger partial charge in [0.25, 0.3) is 0 Å². The first-order valence-corrected chi connectivity index (χ1v) is 12.2. The van der Waals surface area contributed by atoms with Crippen LogP contribution >= 0.6 is 0 Å². The Morgan fingerprint density at radius 1 is 1.05 bits per heavy atom. The number of hydrogen-bond acceptors (Lipinski definition) is 5. The maximum Gasteiger partial charge on any atom is 0.490 e. The van der Waals surface area contributed by atoms with Crippen molar-refractivity contribution >= 4 is 23.5 Å². The highest BCUT2D eigenvalue weighted by Crippen LogP contribution is 2.44. The van der Waals surface area contributed by atoms with E-state index in [-0.39, 0.29) is 17.9 Å². The number of fused-ring (bicyclic) bond motifs is 1. The minimum atomic E-state index is -5.08. The Kier molecular flexibility index (Phi) is 9.37. The number of nitrogens with zero attached hydrogens (tertiary/aromatic N) is 2. The van der Waals surface area contributed by atoms with E-state index in [1.54, 1.807) is 7.11 Å². The van der Waals surface area contributed by atoms with Crippen LogP contribution in [0, 0.1) is 5.41 Å². The molecule has 2 aliphatic rings. The molecule has 0 radical (unpaired) electrons. The molecule has 38 heavy (non-hydrogen) atoms. The van der Waals surface area contributed by atoms with E-state index in [9.17, 15) is 22.8 Å². The highest BCUT2D eigenvalue weighted by molar-refractivity contribution is 5.96. The molecular weight excluding hydrogens is 503 g/mol. The first-order valence-electron chi connectivity index (χ1n) is 12.2. The highest BCUT2D eigenvalue weighted by atomic mass is 19.4. The number of rotatable bonds is 5. The predicted molar refractivity (Wildman–Crippen MR) is 135 cm³/mol. The van der Waals surface area contributed by atoms with E-state index >= 15 is 0 Å². The number of anilines is 1. The van der Waals surface area contributed by atoms with Crippen LogP contribution in [0.25, 0.3) is 0 Å². The Hall–Kier alpha value is -3.60. The number of carbonyl (C=O) groups excluding carboxylic acids is 2. The summed E-state index contributed by atoms with van der Waals surface area (Å²) in [6, 6.07) is 17.4. The fraction of sp³-hybridized carbons (Fsp3) is 0.444. The molecule has 0 spiro atoms. The number of methoxy groups -OCH3 is 1. The molecule has 2 saturated heterocycles. The Morgan fingerprint density at radius 2 is 1.71 bits per heavy atom. The number of amides is 2. The maximum atomic E-state index is 13.5. The number of para-hydroxylation sites is 1. The van der Waals surface area contributed by atoms with Crippen molar-refractivity contribution in [3.8, 4) is 5.75 Å². The van der Waals surface area contributed by atoms with E-state index in [4.69, 9.17) is 14.6 Å². The zero-order valence-electron chi connectivity index (χ0n) is 21.3. The average Bonchev–Trinajstić information content (AvgIpc) is 3.07. The predicted octanol–water partition coefficient (Wildman–Crippen LogP) is 3.82. The van der Waals surface area contributed by atoms with Gasteiger partial charge in [-0.25, -0.2) is 4.79 Å². The van der Waals surface area contributed by atoms with E-state index in [1.807, 2.05) is 59.5 Å². The number of carbonyl (C=O) groups is 3. The van der Waals surface area contributed by atoms with Crippen molar-refractivity contribution in [3.63, 3.8) is 0 Å². The summed E-state index contributed by atoms with van der Waals surface area (Å²) < 4.78 is 37.0. The second kappa shape index (κ2) is 12.3. The number of alkyl halides is 3. The number of nitrogens with one attached hydrogen (secondary N) is 1. The van der Waals surface area contributed by atoms with Crippen molar-refractivity contribution in [1.82, 2.24) is 9.80 Å². The molecule has 2 N–H and O–H groups in total. The molecule has 11 heteroatoms. The summed E-state index contributed by atoms with van der Waals surface area (Å²) in [4.78, 5) is 39.6. The maximum absolute atomic E-state index is 13.5. The molecule has 0 aliphatic carbocycles. The molecule has 2 heterocycles. The molecule has 0 aromatic heterocycles. The van der Waals surface area contributed by atoms with Crippen LogP contribution in [-0.2, 0) is 20.8 Å². The van der Waals surface area contributed by atoms with Crippen LogP contribution in [-0.4, -0.2) is 78.7 Å². The van der Waals surface area contributed by atoms with E-state index in [2.05, 4.69) is 17.3 Å². The summed E-state index contributed by atoms with van der Waals surface area (Å²) in [5, 5.41) is 10.3.